The first-order valence-corrected chi connectivity index (χ1v) is 6.59. The van der Waals surface area contributed by atoms with Crippen LogP contribution < -0.4 is 5.32 Å². The molecule has 0 aromatic heterocycles. The minimum atomic E-state index is 0.0810. The van der Waals surface area contributed by atoms with Crippen molar-refractivity contribution in [2.75, 3.05) is 13.2 Å². The topological polar surface area (TPSA) is 38.3 Å². The van der Waals surface area contributed by atoms with E-state index in [-0.39, 0.29) is 12.0 Å². The second-order valence-electron chi connectivity index (χ2n) is 5.05. The lowest BCUT2D eigenvalue weighted by Gasteiger charge is -2.11. The van der Waals surface area contributed by atoms with E-state index in [9.17, 15) is 4.79 Å². The van der Waals surface area contributed by atoms with Gasteiger partial charge in [-0.25, -0.2) is 0 Å². The van der Waals surface area contributed by atoms with E-state index in [1.807, 2.05) is 6.07 Å². The Hall–Kier alpha value is -1.35. The van der Waals surface area contributed by atoms with E-state index >= 15 is 0 Å². The molecule has 0 aliphatic carbocycles. The molecule has 1 N–H and O–H groups in total. The fraction of sp³-hybridized carbons (Fsp3) is 0.533. The van der Waals surface area contributed by atoms with Crippen LogP contribution in [-0.2, 0) is 16.0 Å². The van der Waals surface area contributed by atoms with Crippen LogP contribution in [0.4, 0.5) is 0 Å². The molecular formula is C15H21NO2. The van der Waals surface area contributed by atoms with Gasteiger partial charge in [0.25, 0.3) is 0 Å². The van der Waals surface area contributed by atoms with Gasteiger partial charge in [0.15, 0.2) is 0 Å². The maximum atomic E-state index is 11.8. The van der Waals surface area contributed by atoms with Crippen molar-refractivity contribution in [3.8, 4) is 0 Å². The SMILES string of the molecule is Cc1ccc(CC(=O)NC[C@H]2CCCO2)c(C)c1. The van der Waals surface area contributed by atoms with Gasteiger partial charge in [-0.2, -0.15) is 0 Å². The second-order valence-corrected chi connectivity index (χ2v) is 5.05. The van der Waals surface area contributed by atoms with Crippen LogP contribution in [0.1, 0.15) is 29.5 Å². The molecule has 98 valence electrons. The summed E-state index contributed by atoms with van der Waals surface area (Å²) < 4.78 is 5.48. The van der Waals surface area contributed by atoms with Crippen LogP contribution in [0.3, 0.4) is 0 Å². The number of hydrogen-bond donors (Lipinski definition) is 1. The van der Waals surface area contributed by atoms with Crippen molar-refractivity contribution >= 4 is 5.91 Å². The molecule has 0 spiro atoms. The normalized spacial score (nSPS) is 18.9. The van der Waals surface area contributed by atoms with Gasteiger partial charge < -0.3 is 10.1 Å². The Morgan fingerprint density at radius 3 is 2.94 bits per heavy atom. The number of carbonyl (C=O) groups is 1. The lowest BCUT2D eigenvalue weighted by atomic mass is 10.0. The van der Waals surface area contributed by atoms with Gasteiger partial charge in [-0.1, -0.05) is 23.8 Å². The summed E-state index contributed by atoms with van der Waals surface area (Å²) in [6, 6.07) is 6.20. The van der Waals surface area contributed by atoms with Crippen molar-refractivity contribution in [2.24, 2.45) is 0 Å². The van der Waals surface area contributed by atoms with Crippen LogP contribution >= 0.6 is 0 Å². The fourth-order valence-corrected chi connectivity index (χ4v) is 2.31. The fourth-order valence-electron chi connectivity index (χ4n) is 2.31. The largest absolute Gasteiger partial charge is 0.376 e. The molecule has 1 saturated heterocycles. The summed E-state index contributed by atoms with van der Waals surface area (Å²) in [5, 5.41) is 2.95. The van der Waals surface area contributed by atoms with Crippen LogP contribution in [0.15, 0.2) is 18.2 Å². The number of nitrogens with one attached hydrogen (secondary N) is 1. The van der Waals surface area contributed by atoms with E-state index in [1.54, 1.807) is 0 Å². The standard InChI is InChI=1S/C15H21NO2/c1-11-5-6-13(12(2)8-11)9-15(17)16-10-14-4-3-7-18-14/h5-6,8,14H,3-4,7,9-10H2,1-2H3,(H,16,17)/t14-/m1/s1. The van der Waals surface area contributed by atoms with Gasteiger partial charge in [-0.15, -0.1) is 0 Å². The Morgan fingerprint density at radius 2 is 2.28 bits per heavy atom. The number of hydrogen-bond acceptors (Lipinski definition) is 2. The minimum Gasteiger partial charge on any atom is -0.376 e. The molecule has 1 aliphatic rings. The van der Waals surface area contributed by atoms with E-state index < -0.39 is 0 Å². The van der Waals surface area contributed by atoms with E-state index in [4.69, 9.17) is 4.74 Å². The van der Waals surface area contributed by atoms with E-state index in [0.717, 1.165) is 25.0 Å². The minimum absolute atomic E-state index is 0.0810. The molecule has 1 aliphatic heterocycles. The van der Waals surface area contributed by atoms with E-state index in [1.165, 1.54) is 11.1 Å². The first kappa shape index (κ1) is 13.1. The Labute approximate surface area is 109 Å². The Morgan fingerprint density at radius 1 is 1.44 bits per heavy atom. The van der Waals surface area contributed by atoms with Crippen molar-refractivity contribution in [1.82, 2.24) is 5.32 Å². The van der Waals surface area contributed by atoms with Crippen LogP contribution in [0.25, 0.3) is 0 Å². The van der Waals surface area contributed by atoms with Gasteiger partial charge in [0, 0.05) is 13.2 Å². The summed E-state index contributed by atoms with van der Waals surface area (Å²) >= 11 is 0. The third-order valence-electron chi connectivity index (χ3n) is 3.40. The number of carbonyl (C=O) groups excluding carboxylic acids is 1. The maximum absolute atomic E-state index is 11.8. The third kappa shape index (κ3) is 3.57. The van der Waals surface area contributed by atoms with Crippen LogP contribution in [0.5, 0.6) is 0 Å². The number of rotatable bonds is 4. The zero-order chi connectivity index (χ0) is 13.0. The zero-order valence-corrected chi connectivity index (χ0v) is 11.2. The molecule has 18 heavy (non-hydrogen) atoms. The quantitative estimate of drug-likeness (QED) is 0.885. The van der Waals surface area contributed by atoms with Crippen molar-refractivity contribution in [2.45, 2.75) is 39.2 Å². The predicted molar refractivity (Wildman–Crippen MR) is 71.6 cm³/mol. The van der Waals surface area contributed by atoms with Crippen molar-refractivity contribution in [3.05, 3.63) is 34.9 Å². The van der Waals surface area contributed by atoms with Gasteiger partial charge >= 0.3 is 0 Å². The van der Waals surface area contributed by atoms with Gasteiger partial charge in [-0.05, 0) is 37.8 Å². The highest BCUT2D eigenvalue weighted by atomic mass is 16.5. The van der Waals surface area contributed by atoms with Crippen LogP contribution in [0.2, 0.25) is 0 Å². The third-order valence-corrected chi connectivity index (χ3v) is 3.40. The molecular weight excluding hydrogens is 226 g/mol. The van der Waals surface area contributed by atoms with Gasteiger partial charge in [0.2, 0.25) is 5.91 Å². The summed E-state index contributed by atoms with van der Waals surface area (Å²) in [5.74, 6) is 0.0810. The first-order chi connectivity index (χ1) is 8.65. The van der Waals surface area contributed by atoms with Crippen molar-refractivity contribution in [1.29, 1.82) is 0 Å². The molecule has 2 rings (SSSR count). The number of aryl methyl sites for hydroxylation is 2. The van der Waals surface area contributed by atoms with Crippen molar-refractivity contribution in [3.63, 3.8) is 0 Å². The molecule has 1 fully saturated rings. The molecule has 1 aromatic carbocycles. The lowest BCUT2D eigenvalue weighted by molar-refractivity contribution is -0.120. The van der Waals surface area contributed by atoms with Crippen LogP contribution in [0, 0.1) is 13.8 Å². The monoisotopic (exact) mass is 247 g/mol. The first-order valence-electron chi connectivity index (χ1n) is 6.59. The number of amides is 1. The molecule has 0 radical (unpaired) electrons. The zero-order valence-electron chi connectivity index (χ0n) is 11.2. The van der Waals surface area contributed by atoms with Gasteiger partial charge in [-0.3, -0.25) is 4.79 Å². The summed E-state index contributed by atoms with van der Waals surface area (Å²) in [6.45, 7) is 5.59. The average Bonchev–Trinajstić information content (AvgIpc) is 2.83. The van der Waals surface area contributed by atoms with E-state index in [2.05, 4.69) is 31.3 Å². The molecule has 1 aromatic rings. The summed E-state index contributed by atoms with van der Waals surface area (Å²) in [4.78, 5) is 11.8. The summed E-state index contributed by atoms with van der Waals surface area (Å²) in [7, 11) is 0. The lowest BCUT2D eigenvalue weighted by Crippen LogP contribution is -2.32. The highest BCUT2D eigenvalue weighted by Gasteiger charge is 2.16. The molecule has 0 unspecified atom stereocenters. The second kappa shape index (κ2) is 6.01. The van der Waals surface area contributed by atoms with Crippen LogP contribution in [-0.4, -0.2) is 25.2 Å². The smallest absolute Gasteiger partial charge is 0.224 e. The highest BCUT2D eigenvalue weighted by molar-refractivity contribution is 5.78. The molecule has 0 bridgehead atoms. The van der Waals surface area contributed by atoms with Gasteiger partial charge in [0.1, 0.15) is 0 Å². The molecule has 0 saturated carbocycles. The highest BCUT2D eigenvalue weighted by Crippen LogP contribution is 2.12. The summed E-state index contributed by atoms with van der Waals surface area (Å²) in [5.41, 5.74) is 3.52. The Bertz CT molecular complexity index is 423. The Kier molecular flexibility index (Phi) is 4.37. The molecule has 1 heterocycles. The van der Waals surface area contributed by atoms with E-state index in [0.29, 0.717) is 13.0 Å². The Balaban J connectivity index is 1.82. The number of benzene rings is 1. The predicted octanol–water partition coefficient (Wildman–Crippen LogP) is 2.14. The number of ether oxygens (including phenoxy) is 1. The molecule has 1 atom stereocenters. The summed E-state index contributed by atoms with van der Waals surface area (Å²) in [6.07, 6.45) is 2.84. The van der Waals surface area contributed by atoms with Crippen molar-refractivity contribution < 1.29 is 9.53 Å². The maximum Gasteiger partial charge on any atom is 0.224 e. The molecule has 3 heteroatoms. The van der Waals surface area contributed by atoms with Gasteiger partial charge in [0.05, 0.1) is 12.5 Å². The molecule has 3 nitrogen and oxygen atoms in total. The molecule has 1 amide bonds. The average molecular weight is 247 g/mol.